The monoisotopic (exact) mass is 310 g/mol. The molecular weight excluding hydrogens is 291 g/mol. The molecule has 0 aromatic heterocycles. The van der Waals surface area contributed by atoms with E-state index in [0.717, 1.165) is 0 Å². The number of halogens is 1. The highest BCUT2D eigenvalue weighted by molar-refractivity contribution is 5.94. The lowest BCUT2D eigenvalue weighted by Crippen LogP contribution is -2.45. The molecule has 120 valence electrons. The van der Waals surface area contributed by atoms with Gasteiger partial charge >= 0.3 is 5.97 Å². The summed E-state index contributed by atoms with van der Waals surface area (Å²) in [5.41, 5.74) is 0.285. The van der Waals surface area contributed by atoms with Gasteiger partial charge in [0.15, 0.2) is 0 Å². The van der Waals surface area contributed by atoms with Crippen LogP contribution in [-0.4, -0.2) is 35.5 Å². The predicted octanol–water partition coefficient (Wildman–Crippen LogP) is 1.17. The van der Waals surface area contributed by atoms with Gasteiger partial charge in [-0.1, -0.05) is 13.8 Å². The summed E-state index contributed by atoms with van der Waals surface area (Å²) in [7, 11) is 0. The second kappa shape index (κ2) is 8.11. The Morgan fingerprint density at radius 3 is 2.27 bits per heavy atom. The van der Waals surface area contributed by atoms with Crippen LogP contribution in [0.5, 0.6) is 0 Å². The molecule has 0 aliphatic carbocycles. The van der Waals surface area contributed by atoms with Crippen molar-refractivity contribution in [1.29, 1.82) is 0 Å². The van der Waals surface area contributed by atoms with Crippen LogP contribution < -0.4 is 10.6 Å². The van der Waals surface area contributed by atoms with Crippen molar-refractivity contribution < 1.29 is 23.9 Å². The van der Waals surface area contributed by atoms with Gasteiger partial charge in [-0.25, -0.2) is 9.18 Å². The summed E-state index contributed by atoms with van der Waals surface area (Å²) in [6.45, 7) is 3.44. The lowest BCUT2D eigenvalue weighted by Gasteiger charge is -2.17. The molecule has 0 radical (unpaired) electrons. The van der Waals surface area contributed by atoms with Crippen LogP contribution in [0.25, 0.3) is 0 Å². The minimum absolute atomic E-state index is 0.0383. The van der Waals surface area contributed by atoms with Gasteiger partial charge in [0, 0.05) is 18.5 Å². The summed E-state index contributed by atoms with van der Waals surface area (Å²) in [5, 5.41) is 13.9. The molecule has 1 atom stereocenters. The zero-order valence-electron chi connectivity index (χ0n) is 12.4. The molecule has 0 aliphatic heterocycles. The van der Waals surface area contributed by atoms with Crippen molar-refractivity contribution in [2.45, 2.75) is 26.3 Å². The van der Waals surface area contributed by atoms with Crippen molar-refractivity contribution in [3.8, 4) is 0 Å². The Hall–Kier alpha value is -2.44. The molecule has 1 aromatic rings. The summed E-state index contributed by atoms with van der Waals surface area (Å²) < 4.78 is 12.7. The first-order valence-corrected chi connectivity index (χ1v) is 6.87. The van der Waals surface area contributed by atoms with E-state index >= 15 is 0 Å². The van der Waals surface area contributed by atoms with E-state index < -0.39 is 29.6 Å². The molecule has 0 fully saturated rings. The van der Waals surface area contributed by atoms with Crippen molar-refractivity contribution in [1.82, 2.24) is 10.6 Å². The van der Waals surface area contributed by atoms with Gasteiger partial charge in [-0.2, -0.15) is 0 Å². The van der Waals surface area contributed by atoms with Gasteiger partial charge in [0.05, 0.1) is 0 Å². The molecule has 1 rings (SSSR count). The SMILES string of the molecule is CC(C)[C@@H](NC(=O)CCNC(=O)c1ccc(F)cc1)C(=O)O. The van der Waals surface area contributed by atoms with Crippen LogP contribution in [-0.2, 0) is 9.59 Å². The van der Waals surface area contributed by atoms with E-state index in [9.17, 15) is 18.8 Å². The van der Waals surface area contributed by atoms with Crippen molar-refractivity contribution in [3.63, 3.8) is 0 Å². The Balaban J connectivity index is 2.40. The number of benzene rings is 1. The number of carbonyl (C=O) groups excluding carboxylic acids is 2. The molecule has 0 bridgehead atoms. The number of carboxylic acid groups (broad SMARTS) is 1. The Bertz CT molecular complexity index is 543. The number of nitrogens with one attached hydrogen (secondary N) is 2. The summed E-state index contributed by atoms with van der Waals surface area (Å²) in [4.78, 5) is 34.3. The Kier molecular flexibility index (Phi) is 6.49. The number of hydrogen-bond donors (Lipinski definition) is 3. The summed E-state index contributed by atoms with van der Waals surface area (Å²) in [6.07, 6.45) is -0.0383. The molecule has 0 aliphatic rings. The molecule has 0 saturated carbocycles. The van der Waals surface area contributed by atoms with Crippen LogP contribution in [0.1, 0.15) is 30.6 Å². The van der Waals surface area contributed by atoms with Crippen LogP contribution in [0.15, 0.2) is 24.3 Å². The van der Waals surface area contributed by atoms with Crippen LogP contribution in [0.2, 0.25) is 0 Å². The van der Waals surface area contributed by atoms with Gasteiger partial charge in [0.2, 0.25) is 5.91 Å². The first-order valence-electron chi connectivity index (χ1n) is 6.87. The highest BCUT2D eigenvalue weighted by Gasteiger charge is 2.23. The number of carbonyl (C=O) groups is 3. The second-order valence-electron chi connectivity index (χ2n) is 5.14. The van der Waals surface area contributed by atoms with E-state index in [4.69, 9.17) is 5.11 Å². The first-order chi connectivity index (χ1) is 10.3. The van der Waals surface area contributed by atoms with Gasteiger partial charge in [0.1, 0.15) is 11.9 Å². The van der Waals surface area contributed by atoms with Gasteiger partial charge in [-0.05, 0) is 30.2 Å². The van der Waals surface area contributed by atoms with Crippen LogP contribution in [0.3, 0.4) is 0 Å². The van der Waals surface area contributed by atoms with E-state index in [2.05, 4.69) is 10.6 Å². The highest BCUT2D eigenvalue weighted by atomic mass is 19.1. The maximum atomic E-state index is 12.7. The zero-order valence-corrected chi connectivity index (χ0v) is 12.4. The minimum Gasteiger partial charge on any atom is -0.480 e. The smallest absolute Gasteiger partial charge is 0.326 e. The van der Waals surface area contributed by atoms with Crippen molar-refractivity contribution in [2.24, 2.45) is 5.92 Å². The number of carboxylic acids is 1. The molecule has 0 spiro atoms. The number of aliphatic carboxylic acids is 1. The van der Waals surface area contributed by atoms with E-state index in [1.54, 1.807) is 13.8 Å². The lowest BCUT2D eigenvalue weighted by molar-refractivity contribution is -0.143. The van der Waals surface area contributed by atoms with Crippen LogP contribution >= 0.6 is 0 Å². The Labute approximate surface area is 127 Å². The standard InChI is InChI=1S/C15H19FN2O4/c1-9(2)13(15(21)22)18-12(19)7-8-17-14(20)10-3-5-11(16)6-4-10/h3-6,9,13H,7-8H2,1-2H3,(H,17,20)(H,18,19)(H,21,22)/t13-/m1/s1. The quantitative estimate of drug-likeness (QED) is 0.704. The van der Waals surface area contributed by atoms with E-state index in [1.165, 1.54) is 24.3 Å². The molecule has 0 saturated heterocycles. The zero-order chi connectivity index (χ0) is 16.7. The summed E-state index contributed by atoms with van der Waals surface area (Å²) in [5.74, 6) is -2.66. The maximum Gasteiger partial charge on any atom is 0.326 e. The molecule has 3 N–H and O–H groups in total. The number of amides is 2. The number of rotatable bonds is 7. The second-order valence-corrected chi connectivity index (χ2v) is 5.14. The third kappa shape index (κ3) is 5.51. The summed E-state index contributed by atoms with van der Waals surface area (Å²) in [6, 6.07) is 4.05. The minimum atomic E-state index is -1.10. The van der Waals surface area contributed by atoms with Gasteiger partial charge in [0.25, 0.3) is 5.91 Å². The average molecular weight is 310 g/mol. The van der Waals surface area contributed by atoms with Gasteiger partial charge < -0.3 is 15.7 Å². The topological polar surface area (TPSA) is 95.5 Å². The molecule has 1 aromatic carbocycles. The normalized spacial score (nSPS) is 11.8. The van der Waals surface area contributed by atoms with E-state index in [-0.39, 0.29) is 24.4 Å². The molecule has 0 heterocycles. The largest absolute Gasteiger partial charge is 0.480 e. The van der Waals surface area contributed by atoms with Crippen LogP contribution in [0.4, 0.5) is 4.39 Å². The Morgan fingerprint density at radius 2 is 1.77 bits per heavy atom. The fraction of sp³-hybridized carbons (Fsp3) is 0.400. The van der Waals surface area contributed by atoms with Gasteiger partial charge in [-0.15, -0.1) is 0 Å². The molecule has 0 unspecified atom stereocenters. The third-order valence-electron chi connectivity index (χ3n) is 2.99. The van der Waals surface area contributed by atoms with E-state index in [0.29, 0.717) is 0 Å². The van der Waals surface area contributed by atoms with Crippen LogP contribution in [0, 0.1) is 11.7 Å². The van der Waals surface area contributed by atoms with E-state index in [1.807, 2.05) is 0 Å². The Morgan fingerprint density at radius 1 is 1.18 bits per heavy atom. The third-order valence-corrected chi connectivity index (χ3v) is 2.99. The molecule has 2 amide bonds. The molecule has 6 nitrogen and oxygen atoms in total. The predicted molar refractivity (Wildman–Crippen MR) is 77.8 cm³/mol. The van der Waals surface area contributed by atoms with Crippen molar-refractivity contribution in [2.75, 3.05) is 6.54 Å². The fourth-order valence-corrected chi connectivity index (χ4v) is 1.75. The maximum absolute atomic E-state index is 12.7. The summed E-state index contributed by atoms with van der Waals surface area (Å²) >= 11 is 0. The van der Waals surface area contributed by atoms with Crippen molar-refractivity contribution >= 4 is 17.8 Å². The van der Waals surface area contributed by atoms with Gasteiger partial charge in [-0.3, -0.25) is 9.59 Å². The van der Waals surface area contributed by atoms with Crippen molar-refractivity contribution in [3.05, 3.63) is 35.6 Å². The number of hydrogen-bond acceptors (Lipinski definition) is 3. The molecular formula is C15H19FN2O4. The molecule has 7 heteroatoms. The molecule has 22 heavy (non-hydrogen) atoms. The highest BCUT2D eigenvalue weighted by Crippen LogP contribution is 2.03. The lowest BCUT2D eigenvalue weighted by atomic mass is 10.0. The first kappa shape index (κ1) is 17.6. The average Bonchev–Trinajstić information content (AvgIpc) is 2.44. The fourth-order valence-electron chi connectivity index (χ4n) is 1.75.